The quantitative estimate of drug-likeness (QED) is 0.799. The van der Waals surface area contributed by atoms with Crippen LogP contribution < -0.4 is 10.6 Å². The summed E-state index contributed by atoms with van der Waals surface area (Å²) in [5.74, 6) is 0.967. The number of carbonyl (C=O) groups excluding carboxylic acids is 2. The van der Waals surface area contributed by atoms with Crippen molar-refractivity contribution in [2.45, 2.75) is 38.1 Å². The summed E-state index contributed by atoms with van der Waals surface area (Å²) in [7, 11) is 0. The van der Waals surface area contributed by atoms with Crippen LogP contribution in [0.25, 0.3) is 0 Å². The van der Waals surface area contributed by atoms with Gasteiger partial charge in [0.15, 0.2) is 0 Å². The number of likely N-dealkylation sites (tertiary alicyclic amines) is 1. The Morgan fingerprint density at radius 1 is 1.22 bits per heavy atom. The highest BCUT2D eigenvalue weighted by Crippen LogP contribution is 2.28. The van der Waals surface area contributed by atoms with Gasteiger partial charge >= 0.3 is 0 Å². The van der Waals surface area contributed by atoms with Gasteiger partial charge in [-0.1, -0.05) is 6.07 Å². The number of hydrogen-bond donors (Lipinski definition) is 2. The SMILES string of the molecule is O=C(NCCC(=O)N1CCC(NCC2CC2)CC1)c1cccs1. The maximum absolute atomic E-state index is 12.2. The number of hydrogen-bond acceptors (Lipinski definition) is 4. The van der Waals surface area contributed by atoms with E-state index in [1.54, 1.807) is 6.07 Å². The summed E-state index contributed by atoms with van der Waals surface area (Å²) in [6, 6.07) is 4.21. The topological polar surface area (TPSA) is 61.4 Å². The Hall–Kier alpha value is -1.40. The smallest absolute Gasteiger partial charge is 0.261 e. The number of nitrogens with zero attached hydrogens (tertiary/aromatic N) is 1. The summed E-state index contributed by atoms with van der Waals surface area (Å²) in [6.07, 6.45) is 5.22. The molecule has 1 aromatic heterocycles. The number of thiophene rings is 1. The lowest BCUT2D eigenvalue weighted by Gasteiger charge is -2.32. The molecule has 5 nitrogen and oxygen atoms in total. The molecule has 0 unspecified atom stereocenters. The molecule has 3 rings (SSSR count). The van der Waals surface area contributed by atoms with Crippen molar-refractivity contribution in [2.75, 3.05) is 26.2 Å². The molecule has 0 radical (unpaired) electrons. The van der Waals surface area contributed by atoms with E-state index >= 15 is 0 Å². The monoisotopic (exact) mass is 335 g/mol. The Morgan fingerprint density at radius 3 is 2.65 bits per heavy atom. The molecule has 2 aliphatic rings. The number of amides is 2. The molecule has 0 atom stereocenters. The number of piperidine rings is 1. The molecule has 2 heterocycles. The number of nitrogens with one attached hydrogen (secondary N) is 2. The van der Waals surface area contributed by atoms with Gasteiger partial charge in [-0.05, 0) is 49.6 Å². The van der Waals surface area contributed by atoms with Crippen LogP contribution in [0.4, 0.5) is 0 Å². The van der Waals surface area contributed by atoms with E-state index in [1.165, 1.54) is 24.2 Å². The second-order valence-corrected chi connectivity index (χ2v) is 7.44. The van der Waals surface area contributed by atoms with Gasteiger partial charge in [-0.3, -0.25) is 9.59 Å². The van der Waals surface area contributed by atoms with Gasteiger partial charge in [-0.15, -0.1) is 11.3 Å². The minimum atomic E-state index is -0.0872. The predicted octanol–water partition coefficient (Wildman–Crippen LogP) is 1.86. The number of carbonyl (C=O) groups is 2. The molecule has 2 N–H and O–H groups in total. The van der Waals surface area contributed by atoms with Gasteiger partial charge in [0.05, 0.1) is 4.88 Å². The van der Waals surface area contributed by atoms with Crippen LogP contribution in [0, 0.1) is 5.92 Å². The third-order valence-electron chi connectivity index (χ3n) is 4.61. The van der Waals surface area contributed by atoms with Crippen LogP contribution in [0.5, 0.6) is 0 Å². The van der Waals surface area contributed by atoms with Crippen LogP contribution in [-0.2, 0) is 4.79 Å². The molecular weight excluding hydrogens is 310 g/mol. The lowest BCUT2D eigenvalue weighted by Crippen LogP contribution is -2.46. The summed E-state index contributed by atoms with van der Waals surface area (Å²) < 4.78 is 0. The summed E-state index contributed by atoms with van der Waals surface area (Å²) >= 11 is 1.41. The molecular formula is C17H25N3O2S. The first-order chi connectivity index (χ1) is 11.2. The van der Waals surface area contributed by atoms with E-state index in [1.807, 2.05) is 16.3 Å². The molecule has 1 saturated carbocycles. The number of rotatable bonds is 7. The van der Waals surface area contributed by atoms with Gasteiger partial charge < -0.3 is 15.5 Å². The first kappa shape index (κ1) is 16.5. The largest absolute Gasteiger partial charge is 0.351 e. The Kier molecular flexibility index (Phi) is 5.67. The minimum Gasteiger partial charge on any atom is -0.351 e. The van der Waals surface area contributed by atoms with Gasteiger partial charge in [-0.2, -0.15) is 0 Å². The molecule has 126 valence electrons. The Balaban J connectivity index is 1.30. The van der Waals surface area contributed by atoms with Crippen molar-refractivity contribution in [1.29, 1.82) is 0 Å². The normalized spacial score (nSPS) is 18.9. The molecule has 6 heteroatoms. The molecule has 23 heavy (non-hydrogen) atoms. The predicted molar refractivity (Wildman–Crippen MR) is 91.6 cm³/mol. The molecule has 0 spiro atoms. The highest BCUT2D eigenvalue weighted by Gasteiger charge is 2.25. The summed E-state index contributed by atoms with van der Waals surface area (Å²) in [4.78, 5) is 26.6. The van der Waals surface area contributed by atoms with Crippen LogP contribution in [0.2, 0.25) is 0 Å². The lowest BCUT2D eigenvalue weighted by atomic mass is 10.0. The van der Waals surface area contributed by atoms with Gasteiger partial charge in [0, 0.05) is 32.1 Å². The van der Waals surface area contributed by atoms with Gasteiger partial charge in [0.25, 0.3) is 5.91 Å². The first-order valence-electron chi connectivity index (χ1n) is 8.55. The van der Waals surface area contributed by atoms with Crippen LogP contribution in [-0.4, -0.2) is 48.9 Å². The van der Waals surface area contributed by atoms with E-state index in [0.717, 1.165) is 38.4 Å². The maximum Gasteiger partial charge on any atom is 0.261 e. The molecule has 1 aliphatic carbocycles. The standard InChI is InChI=1S/C17H25N3O2S/c21-16(5-8-18-17(22)15-2-1-11-23-15)20-9-6-14(7-10-20)19-12-13-3-4-13/h1-2,11,13-14,19H,3-10,12H2,(H,18,22). The zero-order chi connectivity index (χ0) is 16.1. The Morgan fingerprint density at radius 2 is 2.00 bits per heavy atom. The summed E-state index contributed by atoms with van der Waals surface area (Å²) in [5, 5.41) is 8.31. The highest BCUT2D eigenvalue weighted by atomic mass is 32.1. The maximum atomic E-state index is 12.2. The van der Waals surface area contributed by atoms with Gasteiger partial charge in [-0.25, -0.2) is 0 Å². The Labute approximate surface area is 141 Å². The van der Waals surface area contributed by atoms with E-state index in [0.29, 0.717) is 23.9 Å². The third-order valence-corrected chi connectivity index (χ3v) is 5.48. The van der Waals surface area contributed by atoms with E-state index < -0.39 is 0 Å². The van der Waals surface area contributed by atoms with E-state index in [-0.39, 0.29) is 11.8 Å². The van der Waals surface area contributed by atoms with Crippen LogP contribution in [0.15, 0.2) is 17.5 Å². The van der Waals surface area contributed by atoms with E-state index in [2.05, 4.69) is 10.6 Å². The van der Waals surface area contributed by atoms with Crippen molar-refractivity contribution in [3.8, 4) is 0 Å². The Bertz CT molecular complexity index is 520. The zero-order valence-corrected chi connectivity index (χ0v) is 14.2. The van der Waals surface area contributed by atoms with Crippen molar-refractivity contribution >= 4 is 23.2 Å². The van der Waals surface area contributed by atoms with Crippen LogP contribution in [0.1, 0.15) is 41.8 Å². The second-order valence-electron chi connectivity index (χ2n) is 6.49. The molecule has 0 bridgehead atoms. The fraction of sp³-hybridized carbons (Fsp3) is 0.647. The summed E-state index contributed by atoms with van der Waals surface area (Å²) in [6.45, 7) is 3.23. The lowest BCUT2D eigenvalue weighted by molar-refractivity contribution is -0.132. The average molecular weight is 335 g/mol. The van der Waals surface area contributed by atoms with Crippen LogP contribution >= 0.6 is 11.3 Å². The molecule has 1 saturated heterocycles. The van der Waals surface area contributed by atoms with Crippen molar-refractivity contribution in [3.05, 3.63) is 22.4 Å². The van der Waals surface area contributed by atoms with Gasteiger partial charge in [0.2, 0.25) is 5.91 Å². The molecule has 2 fully saturated rings. The zero-order valence-electron chi connectivity index (χ0n) is 13.4. The molecule has 2 amide bonds. The van der Waals surface area contributed by atoms with Gasteiger partial charge in [0.1, 0.15) is 0 Å². The second kappa shape index (κ2) is 7.93. The first-order valence-corrected chi connectivity index (χ1v) is 9.43. The minimum absolute atomic E-state index is 0.0872. The van der Waals surface area contributed by atoms with Crippen LogP contribution in [0.3, 0.4) is 0 Å². The average Bonchev–Trinajstić information content (AvgIpc) is 3.24. The van der Waals surface area contributed by atoms with Crippen molar-refractivity contribution in [2.24, 2.45) is 5.92 Å². The third kappa shape index (κ3) is 5.04. The molecule has 1 aliphatic heterocycles. The van der Waals surface area contributed by atoms with Crippen molar-refractivity contribution < 1.29 is 9.59 Å². The van der Waals surface area contributed by atoms with Crippen molar-refractivity contribution in [3.63, 3.8) is 0 Å². The summed E-state index contributed by atoms with van der Waals surface area (Å²) in [5.41, 5.74) is 0. The highest BCUT2D eigenvalue weighted by molar-refractivity contribution is 7.12. The van der Waals surface area contributed by atoms with Crippen molar-refractivity contribution in [1.82, 2.24) is 15.5 Å². The van der Waals surface area contributed by atoms with E-state index in [4.69, 9.17) is 0 Å². The fourth-order valence-corrected chi connectivity index (χ4v) is 3.56. The fourth-order valence-electron chi connectivity index (χ4n) is 2.92. The molecule has 1 aromatic rings. The molecule has 0 aromatic carbocycles. The van der Waals surface area contributed by atoms with E-state index in [9.17, 15) is 9.59 Å².